The molecule has 1 amide bonds. The van der Waals surface area contributed by atoms with Crippen LogP contribution in [0, 0.1) is 11.3 Å². The standard InChI is InChI=1S/C23H20ClN3O3S/c1-29-20-8-3-15(11-21(20)30-2)9-10-26-22(28)17(13-25)12-19-14-31-23(27-19)16-4-6-18(24)7-5-16/h3-8,11-12,14H,9-10H2,1-2H3,(H,26,28)/b17-12+. The molecule has 0 saturated carbocycles. The maximum absolute atomic E-state index is 12.4. The molecule has 1 heterocycles. The molecule has 6 nitrogen and oxygen atoms in total. The molecule has 31 heavy (non-hydrogen) atoms. The molecule has 8 heteroatoms. The van der Waals surface area contributed by atoms with Crippen LogP contribution in [0.25, 0.3) is 16.6 Å². The van der Waals surface area contributed by atoms with Gasteiger partial charge in [0.2, 0.25) is 0 Å². The van der Waals surface area contributed by atoms with E-state index in [0.717, 1.165) is 16.1 Å². The highest BCUT2D eigenvalue weighted by molar-refractivity contribution is 7.13. The first-order valence-corrected chi connectivity index (χ1v) is 10.6. The fourth-order valence-electron chi connectivity index (χ4n) is 2.83. The first kappa shape index (κ1) is 22.3. The van der Waals surface area contributed by atoms with Gasteiger partial charge in [-0.05, 0) is 42.3 Å². The molecule has 1 aromatic heterocycles. The summed E-state index contributed by atoms with van der Waals surface area (Å²) in [6.07, 6.45) is 2.07. The number of nitrogens with zero attached hydrogens (tertiary/aromatic N) is 2. The van der Waals surface area contributed by atoms with E-state index < -0.39 is 5.91 Å². The van der Waals surface area contributed by atoms with E-state index in [1.807, 2.05) is 36.4 Å². The Morgan fingerprint density at radius 1 is 1.19 bits per heavy atom. The molecule has 0 unspecified atom stereocenters. The highest BCUT2D eigenvalue weighted by atomic mass is 35.5. The summed E-state index contributed by atoms with van der Waals surface area (Å²) in [5, 5.41) is 15.4. The zero-order chi connectivity index (χ0) is 22.2. The van der Waals surface area contributed by atoms with Crippen LogP contribution < -0.4 is 14.8 Å². The Kier molecular flexibility index (Phi) is 7.65. The summed E-state index contributed by atoms with van der Waals surface area (Å²) in [7, 11) is 3.15. The molecule has 0 aliphatic carbocycles. The quantitative estimate of drug-likeness (QED) is 0.393. The molecule has 2 aromatic carbocycles. The Balaban J connectivity index is 1.62. The topological polar surface area (TPSA) is 84.2 Å². The summed E-state index contributed by atoms with van der Waals surface area (Å²) >= 11 is 7.35. The Morgan fingerprint density at radius 2 is 1.94 bits per heavy atom. The van der Waals surface area contributed by atoms with Crippen LogP contribution in [-0.2, 0) is 11.2 Å². The van der Waals surface area contributed by atoms with Gasteiger partial charge in [-0.1, -0.05) is 29.8 Å². The van der Waals surface area contributed by atoms with Gasteiger partial charge in [-0.25, -0.2) is 4.98 Å². The van der Waals surface area contributed by atoms with Crippen molar-refractivity contribution >= 4 is 34.9 Å². The van der Waals surface area contributed by atoms with Gasteiger partial charge in [-0.2, -0.15) is 5.26 Å². The second-order valence-corrected chi connectivity index (χ2v) is 7.74. The van der Waals surface area contributed by atoms with E-state index in [1.165, 1.54) is 17.4 Å². The van der Waals surface area contributed by atoms with Crippen molar-refractivity contribution in [2.75, 3.05) is 20.8 Å². The molecule has 0 saturated heterocycles. The maximum atomic E-state index is 12.4. The molecule has 0 bridgehead atoms. The zero-order valence-electron chi connectivity index (χ0n) is 17.0. The van der Waals surface area contributed by atoms with E-state index in [4.69, 9.17) is 21.1 Å². The largest absolute Gasteiger partial charge is 0.493 e. The van der Waals surface area contributed by atoms with Crippen molar-refractivity contribution in [2.24, 2.45) is 0 Å². The predicted molar refractivity (Wildman–Crippen MR) is 122 cm³/mol. The van der Waals surface area contributed by atoms with Gasteiger partial charge >= 0.3 is 0 Å². The number of ether oxygens (including phenoxy) is 2. The van der Waals surface area contributed by atoms with Crippen molar-refractivity contribution < 1.29 is 14.3 Å². The third-order valence-electron chi connectivity index (χ3n) is 4.42. The lowest BCUT2D eigenvalue weighted by atomic mass is 10.1. The second kappa shape index (κ2) is 10.6. The van der Waals surface area contributed by atoms with E-state index in [-0.39, 0.29) is 5.57 Å². The number of benzene rings is 2. The molecule has 0 spiro atoms. The number of halogens is 1. The molecule has 0 fully saturated rings. The van der Waals surface area contributed by atoms with Gasteiger partial charge < -0.3 is 14.8 Å². The van der Waals surface area contributed by atoms with Crippen LogP contribution in [0.15, 0.2) is 53.4 Å². The summed E-state index contributed by atoms with van der Waals surface area (Å²) in [4.78, 5) is 16.9. The van der Waals surface area contributed by atoms with Crippen molar-refractivity contribution in [1.82, 2.24) is 10.3 Å². The monoisotopic (exact) mass is 453 g/mol. The lowest BCUT2D eigenvalue weighted by molar-refractivity contribution is -0.117. The van der Waals surface area contributed by atoms with Gasteiger partial charge in [0.15, 0.2) is 11.5 Å². The number of amides is 1. The van der Waals surface area contributed by atoms with Gasteiger partial charge in [0.1, 0.15) is 16.6 Å². The van der Waals surface area contributed by atoms with Gasteiger partial charge in [0, 0.05) is 22.5 Å². The zero-order valence-corrected chi connectivity index (χ0v) is 18.6. The van der Waals surface area contributed by atoms with Crippen molar-refractivity contribution in [2.45, 2.75) is 6.42 Å². The smallest absolute Gasteiger partial charge is 0.262 e. The van der Waals surface area contributed by atoms with E-state index in [1.54, 1.807) is 31.7 Å². The number of rotatable bonds is 8. The highest BCUT2D eigenvalue weighted by Crippen LogP contribution is 2.28. The number of carbonyl (C=O) groups is 1. The molecule has 0 aliphatic rings. The molecule has 0 radical (unpaired) electrons. The van der Waals surface area contributed by atoms with Crippen LogP contribution >= 0.6 is 22.9 Å². The summed E-state index contributed by atoms with van der Waals surface area (Å²) in [6.45, 7) is 0.375. The summed E-state index contributed by atoms with van der Waals surface area (Å²) in [6, 6.07) is 14.9. The lowest BCUT2D eigenvalue weighted by Crippen LogP contribution is -2.26. The SMILES string of the molecule is COc1ccc(CCNC(=O)/C(C#N)=C/c2csc(-c3ccc(Cl)cc3)n2)cc1OC. The van der Waals surface area contributed by atoms with Crippen LogP contribution in [0.1, 0.15) is 11.3 Å². The minimum absolute atomic E-state index is 0.000248. The first-order chi connectivity index (χ1) is 15.0. The molecular weight excluding hydrogens is 434 g/mol. The molecule has 3 rings (SSSR count). The van der Waals surface area contributed by atoms with Crippen molar-refractivity contribution in [1.29, 1.82) is 5.26 Å². The maximum Gasteiger partial charge on any atom is 0.262 e. The lowest BCUT2D eigenvalue weighted by Gasteiger charge is -2.10. The minimum atomic E-state index is -0.441. The van der Waals surface area contributed by atoms with Crippen LogP contribution in [0.2, 0.25) is 5.02 Å². The number of carbonyl (C=O) groups excluding carboxylic acids is 1. The Bertz CT molecular complexity index is 1130. The molecule has 0 aliphatic heterocycles. The van der Waals surface area contributed by atoms with E-state index in [0.29, 0.717) is 35.2 Å². The number of thiazole rings is 1. The Hall–Kier alpha value is -3.34. The first-order valence-electron chi connectivity index (χ1n) is 9.36. The fourth-order valence-corrected chi connectivity index (χ4v) is 3.74. The number of aromatic nitrogens is 1. The van der Waals surface area contributed by atoms with Gasteiger partial charge in [-0.3, -0.25) is 4.79 Å². The Morgan fingerprint density at radius 3 is 2.61 bits per heavy atom. The number of hydrogen-bond donors (Lipinski definition) is 1. The number of nitriles is 1. The third kappa shape index (κ3) is 5.85. The Labute approximate surface area is 189 Å². The van der Waals surface area contributed by atoms with Crippen LogP contribution in [-0.4, -0.2) is 31.7 Å². The molecule has 1 N–H and O–H groups in total. The van der Waals surface area contributed by atoms with Crippen LogP contribution in [0.5, 0.6) is 11.5 Å². The number of hydrogen-bond acceptors (Lipinski definition) is 6. The normalized spacial score (nSPS) is 11.0. The third-order valence-corrected chi connectivity index (χ3v) is 5.58. The van der Waals surface area contributed by atoms with Gasteiger partial charge in [-0.15, -0.1) is 11.3 Å². The predicted octanol–water partition coefficient (Wildman–Crippen LogP) is 4.75. The molecular formula is C23H20ClN3O3S. The summed E-state index contributed by atoms with van der Waals surface area (Å²) in [5.41, 5.74) is 2.46. The molecule has 3 aromatic rings. The molecule has 158 valence electrons. The van der Waals surface area contributed by atoms with E-state index in [9.17, 15) is 10.1 Å². The van der Waals surface area contributed by atoms with Crippen LogP contribution in [0.4, 0.5) is 0 Å². The number of methoxy groups -OCH3 is 2. The van der Waals surface area contributed by atoms with Crippen molar-refractivity contribution in [3.8, 4) is 28.1 Å². The van der Waals surface area contributed by atoms with Crippen LogP contribution in [0.3, 0.4) is 0 Å². The highest BCUT2D eigenvalue weighted by Gasteiger charge is 2.11. The van der Waals surface area contributed by atoms with Crippen molar-refractivity contribution in [3.05, 3.63) is 69.7 Å². The van der Waals surface area contributed by atoms with E-state index >= 15 is 0 Å². The number of nitrogens with one attached hydrogen (secondary N) is 1. The van der Waals surface area contributed by atoms with Crippen molar-refractivity contribution in [3.63, 3.8) is 0 Å². The average molecular weight is 454 g/mol. The minimum Gasteiger partial charge on any atom is -0.493 e. The second-order valence-electron chi connectivity index (χ2n) is 6.45. The fraction of sp³-hybridized carbons (Fsp3) is 0.174. The summed E-state index contributed by atoms with van der Waals surface area (Å²) in [5.74, 6) is 0.833. The average Bonchev–Trinajstić information content (AvgIpc) is 3.26. The molecule has 0 atom stereocenters. The van der Waals surface area contributed by atoms with Gasteiger partial charge in [0.25, 0.3) is 5.91 Å². The summed E-state index contributed by atoms with van der Waals surface area (Å²) < 4.78 is 10.5. The van der Waals surface area contributed by atoms with Gasteiger partial charge in [0.05, 0.1) is 19.9 Å². The van der Waals surface area contributed by atoms with E-state index in [2.05, 4.69) is 10.3 Å².